The van der Waals surface area contributed by atoms with E-state index < -0.39 is 9.73 Å². The summed E-state index contributed by atoms with van der Waals surface area (Å²) in [5, 5.41) is 0.576. The molecule has 2 aromatic rings. The highest BCUT2D eigenvalue weighted by Gasteiger charge is 2.12. The second-order valence-corrected chi connectivity index (χ2v) is 5.81. The first-order valence-corrected chi connectivity index (χ1v) is 6.64. The average Bonchev–Trinajstić information content (AvgIpc) is 2.31. The zero-order valence-corrected chi connectivity index (χ0v) is 9.96. The molecule has 1 N–H and O–H groups in total. The number of hydrogen-bond acceptors (Lipinski definition) is 2. The van der Waals surface area contributed by atoms with Crippen LogP contribution in [0.3, 0.4) is 0 Å². The summed E-state index contributed by atoms with van der Waals surface area (Å²) in [5.74, 6) is 0. The lowest BCUT2D eigenvalue weighted by atomic mass is 10.4. The number of rotatable bonds is 2. The summed E-state index contributed by atoms with van der Waals surface area (Å²) in [5.41, 5.74) is 0. The first-order chi connectivity index (χ1) is 7.60. The molecule has 0 aliphatic carbocycles. The molecule has 0 radical (unpaired) electrons. The van der Waals surface area contributed by atoms with Crippen LogP contribution in [0.25, 0.3) is 0 Å². The molecule has 0 saturated heterocycles. The van der Waals surface area contributed by atoms with Gasteiger partial charge in [-0.05, 0) is 36.4 Å². The van der Waals surface area contributed by atoms with Crippen molar-refractivity contribution in [2.45, 2.75) is 9.79 Å². The zero-order chi connectivity index (χ0) is 11.6. The molecule has 0 aliphatic heterocycles. The van der Waals surface area contributed by atoms with Gasteiger partial charge in [-0.3, -0.25) is 0 Å². The maximum atomic E-state index is 12.3. The van der Waals surface area contributed by atoms with Crippen molar-refractivity contribution in [3.8, 4) is 0 Å². The lowest BCUT2D eigenvalue weighted by molar-refractivity contribution is 0.674. The topological polar surface area (TPSA) is 40.9 Å². The lowest BCUT2D eigenvalue weighted by Crippen LogP contribution is -1.99. The van der Waals surface area contributed by atoms with Gasteiger partial charge in [-0.15, -0.1) is 0 Å². The zero-order valence-electron chi connectivity index (χ0n) is 8.39. The molecule has 4 heteroatoms. The summed E-state index contributed by atoms with van der Waals surface area (Å²) >= 11 is 5.75. The molecule has 82 valence electrons. The van der Waals surface area contributed by atoms with Gasteiger partial charge in [-0.2, -0.15) is 0 Å². The fraction of sp³-hybridized carbons (Fsp3) is 0. The Hall–Kier alpha value is -1.32. The molecule has 0 heterocycles. The highest BCUT2D eigenvalue weighted by atomic mass is 35.5. The average molecular weight is 252 g/mol. The van der Waals surface area contributed by atoms with E-state index in [-0.39, 0.29) is 0 Å². The highest BCUT2D eigenvalue weighted by molar-refractivity contribution is 7.92. The van der Waals surface area contributed by atoms with Gasteiger partial charge < -0.3 is 0 Å². The second-order valence-electron chi connectivity index (χ2n) is 3.32. The van der Waals surface area contributed by atoms with Crippen molar-refractivity contribution in [3.05, 3.63) is 59.6 Å². The molecule has 2 aromatic carbocycles. The molecule has 2 rings (SSSR count). The Morgan fingerprint density at radius 2 is 1.38 bits per heavy atom. The van der Waals surface area contributed by atoms with Gasteiger partial charge in [0.1, 0.15) is 9.73 Å². The molecule has 0 spiro atoms. The summed E-state index contributed by atoms with van der Waals surface area (Å²) < 4.78 is 20.3. The quantitative estimate of drug-likeness (QED) is 0.867. The van der Waals surface area contributed by atoms with Crippen LogP contribution in [0, 0.1) is 4.78 Å². The summed E-state index contributed by atoms with van der Waals surface area (Å²) in [6, 6.07) is 15.3. The molecule has 0 aromatic heterocycles. The molecule has 0 aliphatic rings. The lowest BCUT2D eigenvalue weighted by Gasteiger charge is -2.07. The van der Waals surface area contributed by atoms with E-state index in [0.717, 1.165) is 0 Å². The molecule has 0 amide bonds. The number of benzene rings is 2. The highest BCUT2D eigenvalue weighted by Crippen LogP contribution is 2.22. The molecule has 1 atom stereocenters. The molecular weight excluding hydrogens is 242 g/mol. The standard InChI is InChI=1S/C12H10ClNOS/c13-10-6-8-12(9-7-10)16(14,15)11-4-2-1-3-5-11/h1-9,14H. The minimum absolute atomic E-state index is 0.475. The monoisotopic (exact) mass is 251 g/mol. The van der Waals surface area contributed by atoms with E-state index in [0.29, 0.717) is 14.8 Å². The summed E-state index contributed by atoms with van der Waals surface area (Å²) in [7, 11) is -2.91. The smallest absolute Gasteiger partial charge is 0.101 e. The molecule has 0 fully saturated rings. The predicted octanol–water partition coefficient (Wildman–Crippen LogP) is 3.80. The Kier molecular flexibility index (Phi) is 2.99. The van der Waals surface area contributed by atoms with Crippen LogP contribution in [0.5, 0.6) is 0 Å². The van der Waals surface area contributed by atoms with E-state index in [2.05, 4.69) is 0 Å². The third-order valence-electron chi connectivity index (χ3n) is 2.22. The van der Waals surface area contributed by atoms with Crippen molar-refractivity contribution in [2.75, 3.05) is 0 Å². The molecule has 0 bridgehead atoms. The van der Waals surface area contributed by atoms with Crippen molar-refractivity contribution in [1.82, 2.24) is 0 Å². The summed E-state index contributed by atoms with van der Waals surface area (Å²) in [6.45, 7) is 0. The van der Waals surface area contributed by atoms with Crippen LogP contribution in [0.1, 0.15) is 0 Å². The molecule has 16 heavy (non-hydrogen) atoms. The predicted molar refractivity (Wildman–Crippen MR) is 65.3 cm³/mol. The van der Waals surface area contributed by atoms with Crippen LogP contribution >= 0.6 is 11.6 Å². The normalized spacial score (nSPS) is 14.3. The van der Waals surface area contributed by atoms with Crippen LogP contribution in [-0.4, -0.2) is 4.21 Å². The number of nitrogens with one attached hydrogen (secondary N) is 1. The molecular formula is C12H10ClNOS. The van der Waals surface area contributed by atoms with Crippen molar-refractivity contribution >= 4 is 21.3 Å². The first kappa shape index (κ1) is 11.2. The Bertz CT molecular complexity index is 576. The molecule has 2 nitrogen and oxygen atoms in total. The maximum absolute atomic E-state index is 12.3. The van der Waals surface area contributed by atoms with Gasteiger partial charge >= 0.3 is 0 Å². The maximum Gasteiger partial charge on any atom is 0.101 e. The minimum atomic E-state index is -2.91. The van der Waals surface area contributed by atoms with E-state index in [9.17, 15) is 4.21 Å². The van der Waals surface area contributed by atoms with E-state index in [1.165, 1.54) is 0 Å². The van der Waals surface area contributed by atoms with E-state index in [1.807, 2.05) is 6.07 Å². The van der Waals surface area contributed by atoms with Gasteiger partial charge in [-0.1, -0.05) is 29.8 Å². The van der Waals surface area contributed by atoms with Gasteiger partial charge in [0, 0.05) is 5.02 Å². The van der Waals surface area contributed by atoms with Gasteiger partial charge in [0.15, 0.2) is 0 Å². The largest absolute Gasteiger partial charge is 0.245 e. The third kappa shape index (κ3) is 2.10. The van der Waals surface area contributed by atoms with Crippen molar-refractivity contribution in [3.63, 3.8) is 0 Å². The van der Waals surface area contributed by atoms with Crippen molar-refractivity contribution < 1.29 is 4.21 Å². The third-order valence-corrected chi connectivity index (χ3v) is 4.34. The number of halogens is 1. The Balaban J connectivity index is 2.52. The van der Waals surface area contributed by atoms with Gasteiger partial charge in [0.25, 0.3) is 0 Å². The van der Waals surface area contributed by atoms with Gasteiger partial charge in [0.2, 0.25) is 0 Å². The number of hydrogen-bond donors (Lipinski definition) is 1. The van der Waals surface area contributed by atoms with E-state index >= 15 is 0 Å². The Morgan fingerprint density at radius 3 is 1.94 bits per heavy atom. The van der Waals surface area contributed by atoms with Crippen LogP contribution < -0.4 is 0 Å². The van der Waals surface area contributed by atoms with Gasteiger partial charge in [-0.25, -0.2) is 8.99 Å². The second kappa shape index (κ2) is 4.28. The van der Waals surface area contributed by atoms with Crippen molar-refractivity contribution in [2.24, 2.45) is 0 Å². The van der Waals surface area contributed by atoms with Crippen molar-refractivity contribution in [1.29, 1.82) is 4.78 Å². The SMILES string of the molecule is N=S(=O)(c1ccccc1)c1ccc(Cl)cc1. The fourth-order valence-corrected chi connectivity index (χ4v) is 2.83. The van der Waals surface area contributed by atoms with Crippen LogP contribution in [0.2, 0.25) is 5.02 Å². The molecule has 0 saturated carbocycles. The van der Waals surface area contributed by atoms with E-state index in [4.69, 9.17) is 16.4 Å². The van der Waals surface area contributed by atoms with E-state index in [1.54, 1.807) is 48.5 Å². The van der Waals surface area contributed by atoms with Gasteiger partial charge in [0.05, 0.1) is 9.79 Å². The summed E-state index contributed by atoms with van der Waals surface area (Å²) in [4.78, 5) is 0.987. The van der Waals surface area contributed by atoms with Crippen LogP contribution in [-0.2, 0) is 9.73 Å². The van der Waals surface area contributed by atoms with Crippen LogP contribution in [0.4, 0.5) is 0 Å². The fourth-order valence-electron chi connectivity index (χ4n) is 1.37. The van der Waals surface area contributed by atoms with Crippen LogP contribution in [0.15, 0.2) is 64.4 Å². The minimum Gasteiger partial charge on any atom is -0.245 e. The first-order valence-electron chi connectivity index (χ1n) is 4.70. The molecule has 1 unspecified atom stereocenters. The summed E-state index contributed by atoms with van der Waals surface area (Å²) in [6.07, 6.45) is 0. The Morgan fingerprint density at radius 1 is 0.875 bits per heavy atom. The Labute approximate surface area is 99.9 Å².